The van der Waals surface area contributed by atoms with Crippen molar-refractivity contribution in [3.05, 3.63) is 100 Å². The molecule has 0 aromatic heterocycles. The number of halogens is 1. The van der Waals surface area contributed by atoms with Crippen molar-refractivity contribution >= 4 is 58.3 Å². The maximum Gasteiger partial charge on any atom is 0.337 e. The van der Waals surface area contributed by atoms with Crippen molar-refractivity contribution in [1.82, 2.24) is 0 Å². The second-order valence-corrected chi connectivity index (χ2v) is 8.29. The molecule has 0 unspecified atom stereocenters. The van der Waals surface area contributed by atoms with Gasteiger partial charge >= 0.3 is 11.9 Å². The molecule has 1 aliphatic heterocycles. The van der Waals surface area contributed by atoms with Crippen LogP contribution in [0.5, 0.6) is 0 Å². The van der Waals surface area contributed by atoms with Gasteiger partial charge in [0.05, 0.1) is 31.0 Å². The zero-order valence-electron chi connectivity index (χ0n) is 20.1. The summed E-state index contributed by atoms with van der Waals surface area (Å²) in [6.45, 7) is 0. The molecule has 0 aliphatic carbocycles. The zero-order chi connectivity index (χ0) is 27.4. The van der Waals surface area contributed by atoms with E-state index < -0.39 is 29.7 Å². The number of anilines is 3. The minimum atomic E-state index is -0.777. The Morgan fingerprint density at radius 1 is 0.737 bits per heavy atom. The molecule has 0 saturated carbocycles. The lowest BCUT2D eigenvalue weighted by Gasteiger charge is -2.16. The summed E-state index contributed by atoms with van der Waals surface area (Å²) in [6, 6.07) is 18.2. The van der Waals surface area contributed by atoms with E-state index in [1.807, 2.05) is 0 Å². The summed E-state index contributed by atoms with van der Waals surface area (Å²) in [5, 5.41) is 5.15. The van der Waals surface area contributed by atoms with E-state index in [1.54, 1.807) is 36.4 Å². The van der Waals surface area contributed by atoms with E-state index in [0.29, 0.717) is 11.4 Å². The van der Waals surface area contributed by atoms with Gasteiger partial charge in [-0.1, -0.05) is 29.8 Å². The predicted octanol–water partition coefficient (Wildman–Crippen LogP) is 3.95. The Morgan fingerprint density at radius 2 is 1.29 bits per heavy atom. The minimum Gasteiger partial charge on any atom is -0.465 e. The number of nitrogens with one attached hydrogen (secondary N) is 2. The van der Waals surface area contributed by atoms with Gasteiger partial charge in [-0.25, -0.2) is 14.5 Å². The molecule has 1 aliphatic rings. The summed E-state index contributed by atoms with van der Waals surface area (Å²) in [4.78, 5) is 63.2. The molecular formula is C27H20ClN3O7. The number of hydrogen-bond donors (Lipinski definition) is 2. The summed E-state index contributed by atoms with van der Waals surface area (Å²) < 4.78 is 9.38. The van der Waals surface area contributed by atoms with Gasteiger partial charge in [0.2, 0.25) is 0 Å². The molecular weight excluding hydrogens is 514 g/mol. The molecule has 0 saturated heterocycles. The Labute approximate surface area is 221 Å². The van der Waals surface area contributed by atoms with Crippen LogP contribution in [0.2, 0.25) is 0 Å². The van der Waals surface area contributed by atoms with E-state index in [-0.39, 0.29) is 33.1 Å². The van der Waals surface area contributed by atoms with Gasteiger partial charge in [-0.15, -0.1) is 0 Å². The smallest absolute Gasteiger partial charge is 0.337 e. The summed E-state index contributed by atoms with van der Waals surface area (Å²) in [5.41, 5.74) is 1.30. The highest BCUT2D eigenvalue weighted by Crippen LogP contribution is 2.31. The SMILES string of the molecule is COC(=O)c1cccc(NC(=O)c2cccc(NC3=C(Cl)C(=O)N(c4cccc(C(=O)OC)c4)C3=O)c2)c1. The molecule has 3 amide bonds. The van der Waals surface area contributed by atoms with Crippen LogP contribution >= 0.6 is 11.6 Å². The molecule has 10 nitrogen and oxygen atoms in total. The van der Waals surface area contributed by atoms with Crippen molar-refractivity contribution in [3.63, 3.8) is 0 Å². The van der Waals surface area contributed by atoms with Crippen LogP contribution in [0.4, 0.5) is 17.1 Å². The molecule has 3 aromatic carbocycles. The zero-order valence-corrected chi connectivity index (χ0v) is 20.9. The van der Waals surface area contributed by atoms with E-state index in [1.165, 1.54) is 50.6 Å². The number of imide groups is 1. The van der Waals surface area contributed by atoms with Crippen molar-refractivity contribution in [2.24, 2.45) is 0 Å². The van der Waals surface area contributed by atoms with Crippen LogP contribution in [0.15, 0.2) is 83.5 Å². The number of rotatable bonds is 7. The number of esters is 2. The van der Waals surface area contributed by atoms with Crippen LogP contribution in [0.1, 0.15) is 31.1 Å². The van der Waals surface area contributed by atoms with Crippen LogP contribution in [0.3, 0.4) is 0 Å². The molecule has 11 heteroatoms. The quantitative estimate of drug-likeness (QED) is 0.345. The fourth-order valence-corrected chi connectivity index (χ4v) is 3.88. The largest absolute Gasteiger partial charge is 0.465 e. The van der Waals surface area contributed by atoms with Gasteiger partial charge in [-0.05, 0) is 54.6 Å². The molecule has 2 N–H and O–H groups in total. The highest BCUT2D eigenvalue weighted by Gasteiger charge is 2.39. The third kappa shape index (κ3) is 5.25. The van der Waals surface area contributed by atoms with Gasteiger partial charge in [0, 0.05) is 16.9 Å². The first-order valence-corrected chi connectivity index (χ1v) is 11.4. The lowest BCUT2D eigenvalue weighted by atomic mass is 10.1. The number of nitrogens with zero attached hydrogens (tertiary/aromatic N) is 1. The molecule has 38 heavy (non-hydrogen) atoms. The molecule has 0 radical (unpaired) electrons. The third-order valence-electron chi connectivity index (χ3n) is 5.49. The maximum atomic E-state index is 13.1. The molecule has 3 aromatic rings. The first kappa shape index (κ1) is 26.1. The Hall–Kier alpha value is -4.96. The minimum absolute atomic E-state index is 0.139. The van der Waals surface area contributed by atoms with Crippen molar-refractivity contribution in [2.45, 2.75) is 0 Å². The van der Waals surface area contributed by atoms with Gasteiger partial charge in [-0.2, -0.15) is 0 Å². The highest BCUT2D eigenvalue weighted by atomic mass is 35.5. The lowest BCUT2D eigenvalue weighted by Crippen LogP contribution is -2.32. The lowest BCUT2D eigenvalue weighted by molar-refractivity contribution is -0.120. The van der Waals surface area contributed by atoms with Crippen LogP contribution in [0, 0.1) is 0 Å². The normalized spacial score (nSPS) is 12.9. The monoisotopic (exact) mass is 533 g/mol. The Balaban J connectivity index is 1.53. The number of methoxy groups -OCH3 is 2. The van der Waals surface area contributed by atoms with Crippen molar-refractivity contribution in [1.29, 1.82) is 0 Å². The number of hydrogen-bond acceptors (Lipinski definition) is 8. The average molecular weight is 534 g/mol. The van der Waals surface area contributed by atoms with Crippen LogP contribution < -0.4 is 15.5 Å². The highest BCUT2D eigenvalue weighted by molar-refractivity contribution is 6.53. The molecule has 192 valence electrons. The topological polar surface area (TPSA) is 131 Å². The van der Waals surface area contributed by atoms with E-state index in [9.17, 15) is 24.0 Å². The number of amides is 3. The number of benzene rings is 3. The van der Waals surface area contributed by atoms with E-state index >= 15 is 0 Å². The maximum absolute atomic E-state index is 13.1. The fourth-order valence-electron chi connectivity index (χ4n) is 3.66. The first-order valence-electron chi connectivity index (χ1n) is 11.1. The number of ether oxygens (including phenoxy) is 2. The Kier molecular flexibility index (Phi) is 7.54. The fraction of sp³-hybridized carbons (Fsp3) is 0.0741. The summed E-state index contributed by atoms with van der Waals surface area (Å²) >= 11 is 6.21. The predicted molar refractivity (Wildman–Crippen MR) is 139 cm³/mol. The molecule has 4 rings (SSSR count). The summed E-state index contributed by atoms with van der Waals surface area (Å²) in [7, 11) is 2.48. The van der Waals surface area contributed by atoms with E-state index in [0.717, 1.165) is 4.90 Å². The third-order valence-corrected chi connectivity index (χ3v) is 5.84. The standard InChI is InChI=1S/C27H20ClN3O7/c1-37-26(35)16-7-4-10-19(13-16)30-23(32)15-6-3-9-18(12-15)29-22-21(28)24(33)31(25(22)34)20-11-5-8-17(14-20)27(36)38-2/h3-14,29H,1-2H3,(H,30,32). The van der Waals surface area contributed by atoms with E-state index in [4.69, 9.17) is 16.3 Å². The van der Waals surface area contributed by atoms with Crippen LogP contribution in [0.25, 0.3) is 0 Å². The van der Waals surface area contributed by atoms with Crippen LogP contribution in [-0.4, -0.2) is 43.9 Å². The van der Waals surface area contributed by atoms with Crippen molar-refractivity contribution < 1.29 is 33.4 Å². The van der Waals surface area contributed by atoms with Gasteiger partial charge in [0.1, 0.15) is 10.7 Å². The molecule has 0 atom stereocenters. The molecule has 0 fully saturated rings. The van der Waals surface area contributed by atoms with Gasteiger partial charge < -0.3 is 20.1 Å². The second-order valence-electron chi connectivity index (χ2n) is 7.91. The number of carbonyl (C=O) groups excluding carboxylic acids is 5. The number of carbonyl (C=O) groups is 5. The van der Waals surface area contributed by atoms with Crippen molar-refractivity contribution in [2.75, 3.05) is 29.8 Å². The van der Waals surface area contributed by atoms with Crippen molar-refractivity contribution in [3.8, 4) is 0 Å². The van der Waals surface area contributed by atoms with Crippen LogP contribution in [-0.2, 0) is 19.1 Å². The summed E-state index contributed by atoms with van der Waals surface area (Å²) in [6.07, 6.45) is 0. The molecule has 0 bridgehead atoms. The van der Waals surface area contributed by atoms with E-state index in [2.05, 4.69) is 15.4 Å². The first-order chi connectivity index (χ1) is 18.2. The summed E-state index contributed by atoms with van der Waals surface area (Å²) in [5.74, 6) is -3.17. The Bertz CT molecular complexity index is 1520. The molecule has 1 heterocycles. The average Bonchev–Trinajstić information content (AvgIpc) is 3.15. The molecule has 0 spiro atoms. The second kappa shape index (κ2) is 11.0. The van der Waals surface area contributed by atoms with Gasteiger partial charge in [-0.3, -0.25) is 14.4 Å². The Morgan fingerprint density at radius 3 is 1.95 bits per heavy atom. The van der Waals surface area contributed by atoms with Gasteiger partial charge in [0.15, 0.2) is 0 Å². The van der Waals surface area contributed by atoms with Gasteiger partial charge in [0.25, 0.3) is 17.7 Å².